The maximum atomic E-state index is 13.2. The molecular weight excluding hydrogens is 400 g/mol. The molecule has 0 radical (unpaired) electrons. The predicted octanol–water partition coefficient (Wildman–Crippen LogP) is 2.82. The molecule has 2 aliphatic rings. The fourth-order valence-electron chi connectivity index (χ4n) is 3.86. The number of nitrogens with zero attached hydrogens (tertiary/aromatic N) is 1. The van der Waals surface area contributed by atoms with Crippen LogP contribution in [0.25, 0.3) is 0 Å². The van der Waals surface area contributed by atoms with Crippen LogP contribution in [0, 0.1) is 0 Å². The first-order chi connectivity index (χ1) is 14.5. The first kappa shape index (κ1) is 21.0. The van der Waals surface area contributed by atoms with Crippen molar-refractivity contribution in [2.45, 2.75) is 49.7 Å². The summed E-state index contributed by atoms with van der Waals surface area (Å²) in [5, 5.41) is 12.9. The Morgan fingerprint density at radius 1 is 1.20 bits per heavy atom. The van der Waals surface area contributed by atoms with Crippen molar-refractivity contribution in [2.24, 2.45) is 0 Å². The van der Waals surface area contributed by atoms with E-state index >= 15 is 0 Å². The Hall–Kier alpha value is -2.22. The van der Waals surface area contributed by atoms with E-state index < -0.39 is 0 Å². The molecule has 2 heterocycles. The summed E-state index contributed by atoms with van der Waals surface area (Å²) in [6, 6.07) is 13.5. The average molecular weight is 429 g/mol. The van der Waals surface area contributed by atoms with Gasteiger partial charge in [-0.2, -0.15) is 0 Å². The Balaban J connectivity index is 1.52. The molecule has 0 saturated carbocycles. The van der Waals surface area contributed by atoms with Gasteiger partial charge >= 0.3 is 0 Å². The molecule has 0 aliphatic carbocycles. The number of fused-ring (bicyclic) bond motifs is 2. The highest BCUT2D eigenvalue weighted by Gasteiger charge is 2.36. The molecule has 2 N–H and O–H groups in total. The van der Waals surface area contributed by atoms with Crippen LogP contribution in [0.4, 0.5) is 0 Å². The zero-order chi connectivity index (χ0) is 21.1. The number of hydrogen-bond donors (Lipinski definition) is 2. The number of aliphatic hydroxyl groups is 1. The first-order valence-corrected chi connectivity index (χ1v) is 11.2. The molecule has 0 spiro atoms. The Kier molecular flexibility index (Phi) is 6.51. The number of rotatable bonds is 6. The van der Waals surface area contributed by atoms with E-state index in [1.54, 1.807) is 11.9 Å². The Bertz CT molecular complexity index is 890. The number of carbonyl (C=O) groups is 1. The lowest BCUT2D eigenvalue weighted by Crippen LogP contribution is -2.52. The maximum Gasteiger partial charge on any atom is 0.238 e. The van der Waals surface area contributed by atoms with Crippen LogP contribution < -0.4 is 14.8 Å². The molecular formula is C23H28N2O4S. The van der Waals surface area contributed by atoms with Crippen molar-refractivity contribution >= 4 is 17.9 Å². The topological polar surface area (TPSA) is 71.0 Å². The molecule has 2 aromatic carbocycles. The van der Waals surface area contributed by atoms with Gasteiger partial charge in [0.2, 0.25) is 5.91 Å². The molecule has 0 aromatic heterocycles. The highest BCUT2D eigenvalue weighted by Crippen LogP contribution is 2.43. The summed E-state index contributed by atoms with van der Waals surface area (Å²) in [6.07, 6.45) is 1.19. The van der Waals surface area contributed by atoms with Gasteiger partial charge in [-0.25, -0.2) is 4.31 Å². The second kappa shape index (κ2) is 9.29. The second-order valence-corrected chi connectivity index (χ2v) is 8.99. The van der Waals surface area contributed by atoms with Crippen molar-refractivity contribution in [3.8, 4) is 11.5 Å². The van der Waals surface area contributed by atoms with Crippen LogP contribution >= 0.6 is 11.9 Å². The number of aliphatic hydroxyl groups excluding tert-OH is 1. The lowest BCUT2D eigenvalue weighted by Gasteiger charge is -2.38. The number of hydrogen-bond acceptors (Lipinski definition) is 6. The van der Waals surface area contributed by atoms with Crippen LogP contribution in [0.5, 0.6) is 11.5 Å². The van der Waals surface area contributed by atoms with Gasteiger partial charge in [0.05, 0.1) is 12.6 Å². The van der Waals surface area contributed by atoms with Crippen molar-refractivity contribution in [2.75, 3.05) is 19.8 Å². The zero-order valence-corrected chi connectivity index (χ0v) is 18.2. The maximum absolute atomic E-state index is 13.2. The zero-order valence-electron chi connectivity index (χ0n) is 17.3. The van der Waals surface area contributed by atoms with Crippen molar-refractivity contribution < 1.29 is 19.4 Å². The molecule has 0 saturated heterocycles. The van der Waals surface area contributed by atoms with Gasteiger partial charge in [0, 0.05) is 10.9 Å². The summed E-state index contributed by atoms with van der Waals surface area (Å²) >= 11 is 1.59. The summed E-state index contributed by atoms with van der Waals surface area (Å²) in [6.45, 7) is 5.17. The van der Waals surface area contributed by atoms with E-state index in [1.807, 2.05) is 42.5 Å². The van der Waals surface area contributed by atoms with Crippen molar-refractivity contribution in [3.63, 3.8) is 0 Å². The Labute approximate surface area is 181 Å². The molecule has 2 aliphatic heterocycles. The van der Waals surface area contributed by atoms with Crippen LogP contribution in [0.15, 0.2) is 47.4 Å². The van der Waals surface area contributed by atoms with Gasteiger partial charge in [-0.15, -0.1) is 0 Å². The predicted molar refractivity (Wildman–Crippen MR) is 117 cm³/mol. The van der Waals surface area contributed by atoms with E-state index in [1.165, 1.54) is 0 Å². The minimum absolute atomic E-state index is 0.0632. The highest BCUT2D eigenvalue weighted by molar-refractivity contribution is 7.97. The Morgan fingerprint density at radius 3 is 2.57 bits per heavy atom. The van der Waals surface area contributed by atoms with Gasteiger partial charge < -0.3 is 19.9 Å². The molecule has 1 amide bonds. The molecule has 6 nitrogen and oxygen atoms in total. The van der Waals surface area contributed by atoms with Gasteiger partial charge in [0.25, 0.3) is 0 Å². The third kappa shape index (κ3) is 4.58. The molecule has 2 atom stereocenters. The van der Waals surface area contributed by atoms with Crippen molar-refractivity contribution in [1.82, 2.24) is 9.62 Å². The summed E-state index contributed by atoms with van der Waals surface area (Å²) in [7, 11) is 0. The molecule has 2 aromatic rings. The Morgan fingerprint density at radius 2 is 1.90 bits per heavy atom. The normalized spacial score (nSPS) is 19.3. The SMILES string of the molecule is CC(C)N1Sc2cc3c(cc2CC1C(=O)N[C@H](CO)Cc1ccccc1)OCCO3. The van der Waals surface area contributed by atoms with Crippen LogP contribution in [0.1, 0.15) is 25.0 Å². The van der Waals surface area contributed by atoms with E-state index in [0.29, 0.717) is 26.1 Å². The summed E-state index contributed by atoms with van der Waals surface area (Å²) in [4.78, 5) is 14.3. The summed E-state index contributed by atoms with van der Waals surface area (Å²) in [5.74, 6) is 1.45. The standard InChI is InChI=1S/C23H28N2O4S/c1-15(2)25-19(23(27)24-18(14-26)10-16-6-4-3-5-7-16)11-17-12-20-21(13-22(17)30-25)29-9-8-28-20/h3-7,12-13,15,18-19,26H,8-11,14H2,1-2H3,(H,24,27)/t18-,19?/m0/s1. The minimum atomic E-state index is -0.324. The molecule has 0 bridgehead atoms. The van der Waals surface area contributed by atoms with Gasteiger partial charge in [-0.3, -0.25) is 4.79 Å². The number of amides is 1. The van der Waals surface area contributed by atoms with E-state index in [0.717, 1.165) is 27.5 Å². The number of benzene rings is 2. The molecule has 0 fully saturated rings. The van der Waals surface area contributed by atoms with Gasteiger partial charge in [0.15, 0.2) is 11.5 Å². The highest BCUT2D eigenvalue weighted by atomic mass is 32.2. The number of nitrogens with one attached hydrogen (secondary N) is 1. The third-order valence-electron chi connectivity index (χ3n) is 5.35. The fraction of sp³-hybridized carbons (Fsp3) is 0.435. The largest absolute Gasteiger partial charge is 0.486 e. The van der Waals surface area contributed by atoms with Gasteiger partial charge in [-0.05, 0) is 61.9 Å². The lowest BCUT2D eigenvalue weighted by molar-refractivity contribution is -0.126. The first-order valence-electron chi connectivity index (χ1n) is 10.4. The minimum Gasteiger partial charge on any atom is -0.486 e. The molecule has 1 unspecified atom stereocenters. The van der Waals surface area contributed by atoms with E-state index in [9.17, 15) is 9.90 Å². The lowest BCUT2D eigenvalue weighted by atomic mass is 10.0. The van der Waals surface area contributed by atoms with Crippen LogP contribution in [-0.2, 0) is 17.6 Å². The van der Waals surface area contributed by atoms with Crippen LogP contribution in [0.3, 0.4) is 0 Å². The number of ether oxygens (including phenoxy) is 2. The molecule has 4 rings (SSSR count). The molecule has 160 valence electrons. The van der Waals surface area contributed by atoms with Gasteiger partial charge in [-0.1, -0.05) is 30.3 Å². The van der Waals surface area contributed by atoms with Crippen molar-refractivity contribution in [3.05, 3.63) is 53.6 Å². The van der Waals surface area contributed by atoms with Crippen LogP contribution in [0.2, 0.25) is 0 Å². The number of carbonyl (C=O) groups excluding carboxylic acids is 1. The van der Waals surface area contributed by atoms with Crippen molar-refractivity contribution in [1.29, 1.82) is 0 Å². The van der Waals surface area contributed by atoms with Crippen LogP contribution in [-0.4, -0.2) is 53.3 Å². The second-order valence-electron chi connectivity index (χ2n) is 7.95. The summed E-state index contributed by atoms with van der Waals surface area (Å²) < 4.78 is 13.6. The molecule has 30 heavy (non-hydrogen) atoms. The molecule has 7 heteroatoms. The fourth-order valence-corrected chi connectivity index (χ4v) is 5.02. The average Bonchev–Trinajstić information content (AvgIpc) is 2.76. The monoisotopic (exact) mass is 428 g/mol. The smallest absolute Gasteiger partial charge is 0.238 e. The quantitative estimate of drug-likeness (QED) is 0.690. The summed E-state index contributed by atoms with van der Waals surface area (Å²) in [5.41, 5.74) is 2.18. The third-order valence-corrected chi connectivity index (χ3v) is 6.82. The van der Waals surface area contributed by atoms with Gasteiger partial charge in [0.1, 0.15) is 19.3 Å². The van der Waals surface area contributed by atoms with E-state index in [4.69, 9.17) is 9.47 Å². The van der Waals surface area contributed by atoms with E-state index in [2.05, 4.69) is 23.5 Å². The van der Waals surface area contributed by atoms with E-state index in [-0.39, 0.29) is 30.6 Å².